The number of anilines is 1. The highest BCUT2D eigenvalue weighted by Crippen LogP contribution is 2.38. The van der Waals surface area contributed by atoms with E-state index in [1.807, 2.05) is 12.1 Å². The van der Waals surface area contributed by atoms with Gasteiger partial charge in [-0.15, -0.1) is 0 Å². The van der Waals surface area contributed by atoms with Crippen molar-refractivity contribution in [3.8, 4) is 6.07 Å². The van der Waals surface area contributed by atoms with Crippen molar-refractivity contribution in [1.29, 1.82) is 5.26 Å². The van der Waals surface area contributed by atoms with E-state index in [0.29, 0.717) is 6.04 Å². The molecule has 1 N–H and O–H groups in total. The number of hydrogen-bond donors (Lipinski definition) is 1. The summed E-state index contributed by atoms with van der Waals surface area (Å²) >= 11 is 0. The maximum absolute atomic E-state index is 9.06. The molecule has 2 atom stereocenters. The molecule has 0 spiro atoms. The first-order valence-corrected chi connectivity index (χ1v) is 6.02. The normalized spacial score (nSPS) is 22.6. The Bertz CT molecular complexity index is 417. The lowest BCUT2D eigenvalue weighted by molar-refractivity contribution is 0.692. The molecule has 0 aliphatic heterocycles. The van der Waals surface area contributed by atoms with E-state index in [-0.39, 0.29) is 0 Å². The molecule has 1 aromatic rings. The van der Waals surface area contributed by atoms with Gasteiger partial charge in [-0.05, 0) is 37.3 Å². The zero-order valence-corrected chi connectivity index (χ0v) is 9.96. The molecule has 1 aliphatic carbocycles. The summed E-state index contributed by atoms with van der Waals surface area (Å²) in [5.74, 6) is 0.816. The molecule has 0 saturated heterocycles. The number of rotatable bonds is 4. The lowest BCUT2D eigenvalue weighted by Crippen LogP contribution is -2.07. The standard InChI is InChI=1S/C14H18N2/c1-3-5-11-8-13(11)16-14-10(2)6-4-7-12(14)9-15/h4,6-7,11,13,16H,3,5,8H2,1-2H3. The lowest BCUT2D eigenvalue weighted by atomic mass is 10.1. The molecule has 0 aromatic heterocycles. The molecule has 1 aliphatic rings. The van der Waals surface area contributed by atoms with Crippen LogP contribution >= 0.6 is 0 Å². The highest BCUT2D eigenvalue weighted by Gasteiger charge is 2.36. The van der Waals surface area contributed by atoms with E-state index in [1.165, 1.54) is 24.8 Å². The van der Waals surface area contributed by atoms with Crippen molar-refractivity contribution in [2.24, 2.45) is 5.92 Å². The Hall–Kier alpha value is -1.49. The first kappa shape index (κ1) is 11.0. The fourth-order valence-corrected chi connectivity index (χ4v) is 2.25. The fourth-order valence-electron chi connectivity index (χ4n) is 2.25. The van der Waals surface area contributed by atoms with E-state index < -0.39 is 0 Å². The fraction of sp³-hybridized carbons (Fsp3) is 0.500. The summed E-state index contributed by atoms with van der Waals surface area (Å²) < 4.78 is 0. The van der Waals surface area contributed by atoms with E-state index in [9.17, 15) is 0 Å². The van der Waals surface area contributed by atoms with E-state index >= 15 is 0 Å². The molecular formula is C14H18N2. The van der Waals surface area contributed by atoms with Gasteiger partial charge in [0.05, 0.1) is 11.3 Å². The van der Waals surface area contributed by atoms with Crippen molar-refractivity contribution in [3.63, 3.8) is 0 Å². The third-order valence-electron chi connectivity index (χ3n) is 3.31. The van der Waals surface area contributed by atoms with Crippen molar-refractivity contribution in [1.82, 2.24) is 0 Å². The second-order valence-electron chi connectivity index (χ2n) is 4.64. The summed E-state index contributed by atoms with van der Waals surface area (Å²) in [4.78, 5) is 0. The smallest absolute Gasteiger partial charge is 0.101 e. The van der Waals surface area contributed by atoms with E-state index in [0.717, 1.165) is 17.2 Å². The van der Waals surface area contributed by atoms with Crippen molar-refractivity contribution in [3.05, 3.63) is 29.3 Å². The van der Waals surface area contributed by atoms with Gasteiger partial charge in [-0.1, -0.05) is 25.5 Å². The third kappa shape index (κ3) is 2.19. The minimum absolute atomic E-state index is 0.591. The number of hydrogen-bond acceptors (Lipinski definition) is 2. The van der Waals surface area contributed by atoms with E-state index in [1.54, 1.807) is 0 Å². The molecule has 2 rings (SSSR count). The molecule has 1 saturated carbocycles. The monoisotopic (exact) mass is 214 g/mol. The zero-order chi connectivity index (χ0) is 11.5. The number of nitriles is 1. The van der Waals surface area contributed by atoms with Crippen LogP contribution in [0.15, 0.2) is 18.2 Å². The van der Waals surface area contributed by atoms with Gasteiger partial charge in [-0.25, -0.2) is 0 Å². The Kier molecular flexibility index (Phi) is 3.14. The Labute approximate surface area is 97.3 Å². The van der Waals surface area contributed by atoms with Crippen molar-refractivity contribution < 1.29 is 0 Å². The summed E-state index contributed by atoms with van der Waals surface area (Å²) in [6.07, 6.45) is 3.81. The molecule has 2 unspecified atom stereocenters. The number of nitrogens with zero attached hydrogens (tertiary/aromatic N) is 1. The van der Waals surface area contributed by atoms with Crippen LogP contribution in [0.25, 0.3) is 0 Å². The Balaban J connectivity index is 2.08. The van der Waals surface area contributed by atoms with Crippen LogP contribution in [-0.2, 0) is 0 Å². The van der Waals surface area contributed by atoms with Gasteiger partial charge in [0.25, 0.3) is 0 Å². The van der Waals surface area contributed by atoms with Gasteiger partial charge in [0.1, 0.15) is 6.07 Å². The average Bonchev–Trinajstić information content (AvgIpc) is 3.00. The summed E-state index contributed by atoms with van der Waals surface area (Å²) in [6, 6.07) is 8.72. The Morgan fingerprint density at radius 2 is 2.31 bits per heavy atom. The van der Waals surface area contributed by atoms with E-state index in [2.05, 4.69) is 31.3 Å². The summed E-state index contributed by atoms with van der Waals surface area (Å²) in [5, 5.41) is 12.6. The average molecular weight is 214 g/mol. The predicted octanol–water partition coefficient (Wildman–Crippen LogP) is 3.47. The molecule has 0 bridgehead atoms. The predicted molar refractivity (Wildman–Crippen MR) is 66.3 cm³/mol. The largest absolute Gasteiger partial charge is 0.381 e. The summed E-state index contributed by atoms with van der Waals surface area (Å²) in [7, 11) is 0. The van der Waals surface area contributed by atoms with Gasteiger partial charge in [0.2, 0.25) is 0 Å². The highest BCUT2D eigenvalue weighted by atomic mass is 15.0. The topological polar surface area (TPSA) is 35.8 Å². The van der Waals surface area contributed by atoms with E-state index in [4.69, 9.17) is 5.26 Å². The summed E-state index contributed by atoms with van der Waals surface area (Å²) in [5.41, 5.74) is 2.97. The molecule has 1 aromatic carbocycles. The minimum Gasteiger partial charge on any atom is -0.381 e. The zero-order valence-electron chi connectivity index (χ0n) is 9.96. The van der Waals surface area contributed by atoms with Crippen LogP contribution in [0.1, 0.15) is 37.3 Å². The van der Waals surface area contributed by atoms with Crippen LogP contribution in [-0.4, -0.2) is 6.04 Å². The van der Waals surface area contributed by atoms with Gasteiger partial charge in [0, 0.05) is 6.04 Å². The van der Waals surface area contributed by atoms with Crippen LogP contribution in [0.5, 0.6) is 0 Å². The van der Waals surface area contributed by atoms with Gasteiger partial charge in [0.15, 0.2) is 0 Å². The van der Waals surface area contributed by atoms with Crippen molar-refractivity contribution in [2.45, 2.75) is 39.2 Å². The van der Waals surface area contributed by atoms with Crippen LogP contribution in [0.3, 0.4) is 0 Å². The maximum Gasteiger partial charge on any atom is 0.101 e. The number of para-hydroxylation sites is 1. The molecule has 0 heterocycles. The highest BCUT2D eigenvalue weighted by molar-refractivity contribution is 5.63. The lowest BCUT2D eigenvalue weighted by Gasteiger charge is -2.10. The third-order valence-corrected chi connectivity index (χ3v) is 3.31. The van der Waals surface area contributed by atoms with Gasteiger partial charge in [-0.2, -0.15) is 5.26 Å². The molecule has 0 radical (unpaired) electrons. The second kappa shape index (κ2) is 4.57. The van der Waals surface area contributed by atoms with Crippen LogP contribution in [0.4, 0.5) is 5.69 Å². The molecule has 1 fully saturated rings. The molecule has 16 heavy (non-hydrogen) atoms. The van der Waals surface area contributed by atoms with Crippen molar-refractivity contribution >= 4 is 5.69 Å². The second-order valence-corrected chi connectivity index (χ2v) is 4.64. The molecule has 2 nitrogen and oxygen atoms in total. The Morgan fingerprint density at radius 3 is 3.00 bits per heavy atom. The van der Waals surface area contributed by atoms with Gasteiger partial charge < -0.3 is 5.32 Å². The van der Waals surface area contributed by atoms with Gasteiger partial charge >= 0.3 is 0 Å². The first-order chi connectivity index (χ1) is 7.76. The molecule has 84 valence electrons. The van der Waals surface area contributed by atoms with Crippen LogP contribution < -0.4 is 5.32 Å². The molecule has 0 amide bonds. The van der Waals surface area contributed by atoms with Crippen LogP contribution in [0, 0.1) is 24.2 Å². The maximum atomic E-state index is 9.06. The molecule has 2 heteroatoms. The molecular weight excluding hydrogens is 196 g/mol. The Morgan fingerprint density at radius 1 is 1.50 bits per heavy atom. The number of benzene rings is 1. The minimum atomic E-state index is 0.591. The number of aryl methyl sites for hydroxylation is 1. The van der Waals surface area contributed by atoms with Gasteiger partial charge in [-0.3, -0.25) is 0 Å². The van der Waals surface area contributed by atoms with Crippen molar-refractivity contribution in [2.75, 3.05) is 5.32 Å². The first-order valence-electron chi connectivity index (χ1n) is 6.02. The van der Waals surface area contributed by atoms with Crippen LogP contribution in [0.2, 0.25) is 0 Å². The quantitative estimate of drug-likeness (QED) is 0.833. The number of nitrogens with one attached hydrogen (secondary N) is 1. The SMILES string of the molecule is CCCC1CC1Nc1c(C)cccc1C#N. The summed E-state index contributed by atoms with van der Waals surface area (Å²) in [6.45, 7) is 4.28.